The lowest BCUT2D eigenvalue weighted by Gasteiger charge is -2.17. The molecule has 0 aliphatic carbocycles. The molecule has 1 aromatic carbocycles. The molecule has 8 nitrogen and oxygen atoms in total. The fourth-order valence-corrected chi connectivity index (χ4v) is 2.66. The van der Waals surface area contributed by atoms with Gasteiger partial charge in [-0.15, -0.1) is 0 Å². The molecule has 0 spiro atoms. The lowest BCUT2D eigenvalue weighted by atomic mass is 10.2. The van der Waals surface area contributed by atoms with E-state index in [0.29, 0.717) is 28.6 Å². The van der Waals surface area contributed by atoms with E-state index in [4.69, 9.17) is 25.8 Å². The van der Waals surface area contributed by atoms with Gasteiger partial charge in [-0.2, -0.15) is 0 Å². The first-order valence-corrected chi connectivity index (χ1v) is 8.14. The Morgan fingerprint density at radius 2 is 2.04 bits per heavy atom. The van der Waals surface area contributed by atoms with E-state index in [-0.39, 0.29) is 6.54 Å². The van der Waals surface area contributed by atoms with Crippen LogP contribution in [0, 0.1) is 0 Å². The Hall–Kier alpha value is -2.74. The maximum atomic E-state index is 12.1. The van der Waals surface area contributed by atoms with Crippen LogP contribution in [0.25, 0.3) is 6.08 Å². The Morgan fingerprint density at radius 1 is 1.31 bits per heavy atom. The molecule has 2 rings (SSSR count). The minimum atomic E-state index is -1.08. The molecule has 3 amide bonds. The van der Waals surface area contributed by atoms with E-state index in [1.807, 2.05) is 0 Å². The van der Waals surface area contributed by atoms with Gasteiger partial charge in [0.05, 0.1) is 19.2 Å². The summed E-state index contributed by atoms with van der Waals surface area (Å²) in [6.45, 7) is 2.04. The molecule has 0 unspecified atom stereocenters. The van der Waals surface area contributed by atoms with Crippen molar-refractivity contribution in [3.8, 4) is 11.5 Å². The van der Waals surface area contributed by atoms with Crippen LogP contribution in [0.5, 0.6) is 11.5 Å². The first kappa shape index (κ1) is 19.6. The zero-order valence-corrected chi connectivity index (χ0v) is 15.3. The number of halogens is 1. The molecule has 0 saturated carbocycles. The topological polar surface area (TPSA) is 94.2 Å². The van der Waals surface area contributed by atoms with Crippen LogP contribution in [0.1, 0.15) is 12.5 Å². The van der Waals surface area contributed by atoms with Crippen LogP contribution in [0.2, 0.25) is 5.02 Å². The van der Waals surface area contributed by atoms with Gasteiger partial charge in [-0.1, -0.05) is 11.6 Å². The number of ether oxygens (including phenoxy) is 3. The molecule has 1 aromatic rings. The Labute approximate surface area is 155 Å². The van der Waals surface area contributed by atoms with Crippen LogP contribution in [-0.2, 0) is 14.3 Å². The van der Waals surface area contributed by atoms with Gasteiger partial charge in [-0.25, -0.2) is 9.59 Å². The number of hydrogen-bond acceptors (Lipinski definition) is 6. The van der Waals surface area contributed by atoms with Crippen molar-refractivity contribution in [2.24, 2.45) is 0 Å². The van der Waals surface area contributed by atoms with Gasteiger partial charge in [0.25, 0.3) is 5.91 Å². The summed E-state index contributed by atoms with van der Waals surface area (Å²) in [6.07, 6.45) is 1.55. The third kappa shape index (κ3) is 4.45. The summed E-state index contributed by atoms with van der Waals surface area (Å²) in [5.41, 5.74) is 0.586. The summed E-state index contributed by atoms with van der Waals surface area (Å²) in [7, 11) is 2.94. The Kier molecular flexibility index (Phi) is 6.46. The van der Waals surface area contributed by atoms with E-state index in [0.717, 1.165) is 11.0 Å². The summed E-state index contributed by atoms with van der Waals surface area (Å²) in [6, 6.07) is 2.74. The normalized spacial score (nSPS) is 14.9. The predicted octanol–water partition coefficient (Wildman–Crippen LogP) is 1.85. The van der Waals surface area contributed by atoms with Crippen LogP contribution >= 0.6 is 11.6 Å². The molecular formula is C17H19ClN2O6. The molecule has 1 fully saturated rings. The first-order valence-electron chi connectivity index (χ1n) is 7.76. The highest BCUT2D eigenvalue weighted by Crippen LogP contribution is 2.36. The van der Waals surface area contributed by atoms with E-state index < -0.39 is 24.0 Å². The monoisotopic (exact) mass is 382 g/mol. The van der Waals surface area contributed by atoms with Gasteiger partial charge in [0.2, 0.25) is 0 Å². The number of carbonyl (C=O) groups excluding carboxylic acids is 3. The molecule has 1 aliphatic rings. The van der Waals surface area contributed by atoms with Crippen molar-refractivity contribution in [3.05, 3.63) is 28.8 Å². The quantitative estimate of drug-likeness (QED) is 0.596. The van der Waals surface area contributed by atoms with Crippen molar-refractivity contribution in [3.63, 3.8) is 0 Å². The highest BCUT2D eigenvalue weighted by atomic mass is 35.5. The third-order valence-electron chi connectivity index (χ3n) is 3.63. The standard InChI is InChI=1S/C17H19ClN2O6/c1-10(16(22)20-7-6-19-17(20)23)26-14(21)5-4-11-8-12(18)15(25-3)13(9-11)24-2/h4-5,8-10H,6-7H2,1-3H3,(H,19,23)/b5-4+/t10-/m0/s1. The van der Waals surface area contributed by atoms with Crippen LogP contribution in [0.15, 0.2) is 18.2 Å². The van der Waals surface area contributed by atoms with E-state index in [9.17, 15) is 14.4 Å². The number of methoxy groups -OCH3 is 2. The van der Waals surface area contributed by atoms with Crippen LogP contribution < -0.4 is 14.8 Å². The van der Waals surface area contributed by atoms with Crippen molar-refractivity contribution < 1.29 is 28.6 Å². The highest BCUT2D eigenvalue weighted by molar-refractivity contribution is 6.32. The second-order valence-corrected chi connectivity index (χ2v) is 5.78. The SMILES string of the molecule is COc1cc(/C=C/C(=O)O[C@@H](C)C(=O)N2CCNC2=O)cc(Cl)c1OC. The maximum absolute atomic E-state index is 12.1. The van der Waals surface area contributed by atoms with E-state index in [1.165, 1.54) is 27.2 Å². The zero-order valence-electron chi connectivity index (χ0n) is 14.6. The maximum Gasteiger partial charge on any atom is 0.331 e. The summed E-state index contributed by atoms with van der Waals surface area (Å²) in [5, 5.41) is 2.83. The molecule has 0 radical (unpaired) electrons. The number of esters is 1. The van der Waals surface area contributed by atoms with Gasteiger partial charge in [0, 0.05) is 19.2 Å². The number of nitrogens with one attached hydrogen (secondary N) is 1. The molecule has 26 heavy (non-hydrogen) atoms. The number of urea groups is 1. The smallest absolute Gasteiger partial charge is 0.331 e. The molecule has 1 atom stereocenters. The van der Waals surface area contributed by atoms with Crippen LogP contribution in [-0.4, -0.2) is 56.2 Å². The van der Waals surface area contributed by atoms with Crippen molar-refractivity contribution >= 4 is 35.6 Å². The van der Waals surface area contributed by atoms with Crippen molar-refractivity contribution in [1.82, 2.24) is 10.2 Å². The minimum absolute atomic E-state index is 0.250. The van der Waals surface area contributed by atoms with Crippen molar-refractivity contribution in [2.45, 2.75) is 13.0 Å². The number of hydrogen-bond donors (Lipinski definition) is 1. The summed E-state index contributed by atoms with van der Waals surface area (Å²) >= 11 is 6.10. The molecule has 1 saturated heterocycles. The van der Waals surface area contributed by atoms with E-state index >= 15 is 0 Å². The number of benzene rings is 1. The van der Waals surface area contributed by atoms with Gasteiger partial charge >= 0.3 is 12.0 Å². The zero-order chi connectivity index (χ0) is 19.3. The van der Waals surface area contributed by atoms with Crippen molar-refractivity contribution in [2.75, 3.05) is 27.3 Å². The number of amides is 3. The molecule has 9 heteroatoms. The predicted molar refractivity (Wildman–Crippen MR) is 94.3 cm³/mol. The average molecular weight is 383 g/mol. The molecular weight excluding hydrogens is 364 g/mol. The van der Waals surface area contributed by atoms with Gasteiger partial charge < -0.3 is 19.5 Å². The Bertz CT molecular complexity index is 749. The minimum Gasteiger partial charge on any atom is -0.493 e. The van der Waals surface area contributed by atoms with E-state index in [2.05, 4.69) is 5.32 Å². The first-order chi connectivity index (χ1) is 12.4. The highest BCUT2D eigenvalue weighted by Gasteiger charge is 2.31. The van der Waals surface area contributed by atoms with Crippen molar-refractivity contribution in [1.29, 1.82) is 0 Å². The Balaban J connectivity index is 2.02. The molecule has 0 bridgehead atoms. The summed E-state index contributed by atoms with van der Waals surface area (Å²) in [4.78, 5) is 36.5. The van der Waals surface area contributed by atoms with Crippen LogP contribution in [0.3, 0.4) is 0 Å². The van der Waals surface area contributed by atoms with Gasteiger partial charge in [-0.3, -0.25) is 9.69 Å². The van der Waals surface area contributed by atoms with Gasteiger partial charge in [0.1, 0.15) is 0 Å². The fraction of sp³-hybridized carbons (Fsp3) is 0.353. The fourth-order valence-electron chi connectivity index (χ4n) is 2.36. The second kappa shape index (κ2) is 8.57. The molecule has 0 aromatic heterocycles. The molecule has 1 aliphatic heterocycles. The molecule has 1 heterocycles. The van der Waals surface area contributed by atoms with Gasteiger partial charge in [0.15, 0.2) is 17.6 Å². The lowest BCUT2D eigenvalue weighted by molar-refractivity contribution is -0.153. The molecule has 140 valence electrons. The third-order valence-corrected chi connectivity index (χ3v) is 3.91. The summed E-state index contributed by atoms with van der Waals surface area (Å²) < 4.78 is 15.4. The number of imide groups is 1. The average Bonchev–Trinajstić information content (AvgIpc) is 3.04. The number of carbonyl (C=O) groups is 3. The second-order valence-electron chi connectivity index (χ2n) is 5.37. The summed E-state index contributed by atoms with van der Waals surface area (Å²) in [5.74, 6) is -0.499. The number of nitrogens with zero attached hydrogens (tertiary/aromatic N) is 1. The Morgan fingerprint density at radius 3 is 2.62 bits per heavy atom. The largest absolute Gasteiger partial charge is 0.493 e. The van der Waals surface area contributed by atoms with Crippen LogP contribution in [0.4, 0.5) is 4.79 Å². The lowest BCUT2D eigenvalue weighted by Crippen LogP contribution is -2.41. The van der Waals surface area contributed by atoms with Gasteiger partial charge in [-0.05, 0) is 30.7 Å². The molecule has 1 N–H and O–H groups in total. The van der Waals surface area contributed by atoms with E-state index in [1.54, 1.807) is 12.1 Å². The number of rotatable bonds is 6.